The SMILES string of the molecule is CCOc1cncc(-c2cc(CN3CCN(c4ccc(C(=O)N(CC)CC)cc4)CC3)cc(OCC)c2)c1. The molecule has 0 bridgehead atoms. The quantitative estimate of drug-likeness (QED) is 0.342. The minimum Gasteiger partial charge on any atom is -0.494 e. The lowest BCUT2D eigenvalue weighted by Gasteiger charge is -2.36. The summed E-state index contributed by atoms with van der Waals surface area (Å²) in [4.78, 5) is 23.7. The van der Waals surface area contributed by atoms with Gasteiger partial charge in [0.25, 0.3) is 5.91 Å². The lowest BCUT2D eigenvalue weighted by Crippen LogP contribution is -2.46. The van der Waals surface area contributed by atoms with Gasteiger partial charge in [-0.1, -0.05) is 0 Å². The fourth-order valence-corrected chi connectivity index (χ4v) is 4.92. The van der Waals surface area contributed by atoms with Gasteiger partial charge in [0.05, 0.1) is 19.4 Å². The zero-order valence-electron chi connectivity index (χ0n) is 23.2. The van der Waals surface area contributed by atoms with Gasteiger partial charge >= 0.3 is 0 Å². The van der Waals surface area contributed by atoms with Gasteiger partial charge in [0, 0.05) is 68.8 Å². The number of piperazine rings is 1. The van der Waals surface area contributed by atoms with Crippen LogP contribution in [-0.4, -0.2) is 73.2 Å². The third kappa shape index (κ3) is 6.84. The van der Waals surface area contributed by atoms with E-state index in [9.17, 15) is 4.79 Å². The molecule has 0 radical (unpaired) electrons. The van der Waals surface area contributed by atoms with Crippen LogP contribution < -0.4 is 14.4 Å². The van der Waals surface area contributed by atoms with E-state index in [1.165, 1.54) is 11.3 Å². The fraction of sp³-hybridized carbons (Fsp3) is 0.419. The van der Waals surface area contributed by atoms with Crippen molar-refractivity contribution >= 4 is 11.6 Å². The van der Waals surface area contributed by atoms with E-state index in [-0.39, 0.29) is 5.91 Å². The van der Waals surface area contributed by atoms with Crippen LogP contribution in [0.3, 0.4) is 0 Å². The van der Waals surface area contributed by atoms with Crippen LogP contribution in [-0.2, 0) is 6.54 Å². The monoisotopic (exact) mass is 516 g/mol. The molecule has 0 atom stereocenters. The molecule has 4 rings (SSSR count). The molecule has 1 aliphatic heterocycles. The van der Waals surface area contributed by atoms with Crippen LogP contribution in [0.25, 0.3) is 11.1 Å². The van der Waals surface area contributed by atoms with Crippen molar-refractivity contribution < 1.29 is 14.3 Å². The molecule has 7 nitrogen and oxygen atoms in total. The molecular formula is C31H40N4O3. The topological polar surface area (TPSA) is 58.1 Å². The first-order valence-electron chi connectivity index (χ1n) is 13.8. The summed E-state index contributed by atoms with van der Waals surface area (Å²) in [6.45, 7) is 15.4. The highest BCUT2D eigenvalue weighted by Crippen LogP contribution is 2.29. The van der Waals surface area contributed by atoms with Gasteiger partial charge in [-0.05, 0) is 87.4 Å². The van der Waals surface area contributed by atoms with Crippen molar-refractivity contribution in [2.75, 3.05) is 57.4 Å². The van der Waals surface area contributed by atoms with E-state index < -0.39 is 0 Å². The molecule has 1 saturated heterocycles. The third-order valence-corrected chi connectivity index (χ3v) is 6.94. The van der Waals surface area contributed by atoms with Gasteiger partial charge < -0.3 is 19.3 Å². The Morgan fingerprint density at radius 3 is 2.13 bits per heavy atom. The first-order valence-corrected chi connectivity index (χ1v) is 13.8. The maximum absolute atomic E-state index is 12.6. The van der Waals surface area contributed by atoms with Crippen LogP contribution in [0.15, 0.2) is 60.9 Å². The van der Waals surface area contributed by atoms with Gasteiger partial charge in [0.2, 0.25) is 0 Å². The second-order valence-electron chi connectivity index (χ2n) is 9.43. The molecule has 2 heterocycles. The Morgan fingerprint density at radius 2 is 1.47 bits per heavy atom. The van der Waals surface area contributed by atoms with Crippen molar-refractivity contribution in [2.24, 2.45) is 0 Å². The van der Waals surface area contributed by atoms with E-state index in [4.69, 9.17) is 9.47 Å². The molecule has 7 heteroatoms. The van der Waals surface area contributed by atoms with Crippen molar-refractivity contribution in [1.82, 2.24) is 14.8 Å². The van der Waals surface area contributed by atoms with Gasteiger partial charge in [0.1, 0.15) is 11.5 Å². The number of amides is 1. The Hall–Kier alpha value is -3.58. The number of rotatable bonds is 11. The number of aromatic nitrogens is 1. The number of benzene rings is 2. The van der Waals surface area contributed by atoms with Gasteiger partial charge in [-0.15, -0.1) is 0 Å². The molecule has 0 spiro atoms. The molecule has 1 amide bonds. The van der Waals surface area contributed by atoms with Crippen LogP contribution in [0, 0.1) is 0 Å². The molecule has 0 aliphatic carbocycles. The molecule has 0 unspecified atom stereocenters. The molecule has 1 aromatic heterocycles. The van der Waals surface area contributed by atoms with Gasteiger partial charge in [-0.3, -0.25) is 14.7 Å². The van der Waals surface area contributed by atoms with E-state index in [2.05, 4.69) is 45.1 Å². The molecule has 0 N–H and O–H groups in total. The summed E-state index contributed by atoms with van der Waals surface area (Å²) in [5.41, 5.74) is 5.25. The van der Waals surface area contributed by atoms with Crippen LogP contribution in [0.2, 0.25) is 0 Å². The average molecular weight is 517 g/mol. The standard InChI is InChI=1S/C31H40N4O3/c1-5-34(6-2)31(36)25-9-11-28(12-10-25)35-15-13-33(14-16-35)23-24-17-26(19-29(18-24)37-7-3)27-20-30(38-8-4)22-32-21-27/h9-12,17-22H,5-8,13-16,23H2,1-4H3. The Balaban J connectivity index is 1.41. The number of anilines is 1. The summed E-state index contributed by atoms with van der Waals surface area (Å²) >= 11 is 0. The van der Waals surface area contributed by atoms with Gasteiger partial charge in [-0.2, -0.15) is 0 Å². The summed E-state index contributed by atoms with van der Waals surface area (Å²) < 4.78 is 11.6. The van der Waals surface area contributed by atoms with Gasteiger partial charge in [-0.25, -0.2) is 0 Å². The smallest absolute Gasteiger partial charge is 0.253 e. The molecule has 3 aromatic rings. The van der Waals surface area contributed by atoms with Crippen LogP contribution >= 0.6 is 0 Å². The lowest BCUT2D eigenvalue weighted by atomic mass is 10.0. The third-order valence-electron chi connectivity index (χ3n) is 6.94. The normalized spacial score (nSPS) is 13.8. The summed E-state index contributed by atoms with van der Waals surface area (Å²) in [6, 6.07) is 16.6. The largest absolute Gasteiger partial charge is 0.494 e. The predicted molar refractivity (Wildman–Crippen MR) is 153 cm³/mol. The molecular weight excluding hydrogens is 476 g/mol. The van der Waals surface area contributed by atoms with Crippen molar-refractivity contribution in [2.45, 2.75) is 34.2 Å². The number of pyridine rings is 1. The second-order valence-corrected chi connectivity index (χ2v) is 9.43. The van der Waals surface area contributed by atoms with Crippen LogP contribution in [0.4, 0.5) is 5.69 Å². The van der Waals surface area contributed by atoms with Crippen molar-refractivity contribution in [3.63, 3.8) is 0 Å². The van der Waals surface area contributed by atoms with E-state index in [0.29, 0.717) is 13.2 Å². The molecule has 1 fully saturated rings. The fourth-order valence-electron chi connectivity index (χ4n) is 4.92. The minimum atomic E-state index is 0.0976. The summed E-state index contributed by atoms with van der Waals surface area (Å²) in [5, 5.41) is 0. The highest BCUT2D eigenvalue weighted by atomic mass is 16.5. The first-order chi connectivity index (χ1) is 18.5. The maximum Gasteiger partial charge on any atom is 0.253 e. The summed E-state index contributed by atoms with van der Waals surface area (Å²) in [5.74, 6) is 1.75. The average Bonchev–Trinajstić information content (AvgIpc) is 2.95. The zero-order chi connectivity index (χ0) is 26.9. The van der Waals surface area contributed by atoms with E-state index >= 15 is 0 Å². The number of carbonyl (C=O) groups excluding carboxylic acids is 1. The second kappa shape index (κ2) is 13.3. The molecule has 0 saturated carbocycles. The predicted octanol–water partition coefficient (Wildman–Crippen LogP) is 5.35. The first kappa shape index (κ1) is 27.5. The van der Waals surface area contributed by atoms with Gasteiger partial charge in [0.15, 0.2) is 0 Å². The number of hydrogen-bond acceptors (Lipinski definition) is 6. The van der Waals surface area contributed by atoms with Crippen molar-refractivity contribution in [3.05, 3.63) is 72.1 Å². The van der Waals surface area contributed by atoms with E-state index in [1.54, 1.807) is 6.20 Å². The molecule has 2 aromatic carbocycles. The number of hydrogen-bond donors (Lipinski definition) is 0. The van der Waals surface area contributed by atoms with Crippen LogP contribution in [0.5, 0.6) is 11.5 Å². The Morgan fingerprint density at radius 1 is 0.816 bits per heavy atom. The zero-order valence-corrected chi connectivity index (χ0v) is 23.2. The number of carbonyl (C=O) groups is 1. The highest BCUT2D eigenvalue weighted by Gasteiger charge is 2.19. The van der Waals surface area contributed by atoms with E-state index in [0.717, 1.165) is 74.0 Å². The molecule has 38 heavy (non-hydrogen) atoms. The Bertz CT molecular complexity index is 1190. The highest BCUT2D eigenvalue weighted by molar-refractivity contribution is 5.94. The number of nitrogens with zero attached hydrogens (tertiary/aromatic N) is 4. The summed E-state index contributed by atoms with van der Waals surface area (Å²) in [6.07, 6.45) is 3.62. The molecule has 202 valence electrons. The maximum atomic E-state index is 12.6. The minimum absolute atomic E-state index is 0.0976. The Labute approximate surface area is 227 Å². The van der Waals surface area contributed by atoms with Crippen molar-refractivity contribution in [1.29, 1.82) is 0 Å². The molecule has 1 aliphatic rings. The van der Waals surface area contributed by atoms with Crippen LogP contribution in [0.1, 0.15) is 43.6 Å². The van der Waals surface area contributed by atoms with E-state index in [1.807, 2.05) is 57.0 Å². The number of ether oxygens (including phenoxy) is 2. The Kier molecular flexibility index (Phi) is 9.60. The summed E-state index contributed by atoms with van der Waals surface area (Å²) in [7, 11) is 0. The van der Waals surface area contributed by atoms with Crippen molar-refractivity contribution in [3.8, 4) is 22.6 Å². The lowest BCUT2D eigenvalue weighted by molar-refractivity contribution is 0.0773.